The molecular weight excluding hydrogens is 368 g/mol. The Morgan fingerprint density at radius 1 is 1.03 bits per heavy atom. The van der Waals surface area contributed by atoms with E-state index in [1.165, 1.54) is 0 Å². The van der Waals surface area contributed by atoms with Crippen molar-refractivity contribution in [1.82, 2.24) is 20.5 Å². The number of carbonyl (C=O) groups excluding carboxylic acids is 3. The molecule has 1 aliphatic heterocycles. The molecule has 2 aromatic rings. The van der Waals surface area contributed by atoms with E-state index in [1.807, 2.05) is 30.3 Å². The third kappa shape index (κ3) is 6.14. The van der Waals surface area contributed by atoms with Crippen molar-refractivity contribution in [2.75, 3.05) is 26.2 Å². The molecule has 1 unspecified atom stereocenters. The van der Waals surface area contributed by atoms with Crippen LogP contribution in [0.15, 0.2) is 54.9 Å². The molecule has 7 heteroatoms. The molecule has 7 nitrogen and oxygen atoms in total. The summed E-state index contributed by atoms with van der Waals surface area (Å²) in [7, 11) is 0. The number of rotatable bonds is 7. The van der Waals surface area contributed by atoms with Crippen molar-refractivity contribution in [1.29, 1.82) is 0 Å². The number of likely N-dealkylation sites (tertiary alicyclic amines) is 1. The summed E-state index contributed by atoms with van der Waals surface area (Å²) in [5.41, 5.74) is 1.72. The van der Waals surface area contributed by atoms with Gasteiger partial charge in [-0.15, -0.1) is 0 Å². The molecule has 1 aromatic heterocycles. The van der Waals surface area contributed by atoms with Crippen LogP contribution in [-0.4, -0.2) is 53.8 Å². The Labute approximate surface area is 170 Å². The van der Waals surface area contributed by atoms with E-state index >= 15 is 0 Å². The van der Waals surface area contributed by atoms with Crippen molar-refractivity contribution in [3.05, 3.63) is 66.0 Å². The van der Waals surface area contributed by atoms with Gasteiger partial charge in [0.2, 0.25) is 11.8 Å². The van der Waals surface area contributed by atoms with Crippen LogP contribution in [0.5, 0.6) is 0 Å². The van der Waals surface area contributed by atoms with Crippen LogP contribution >= 0.6 is 0 Å². The minimum atomic E-state index is -0.299. The second kappa shape index (κ2) is 10.4. The van der Waals surface area contributed by atoms with Crippen LogP contribution in [0.4, 0.5) is 0 Å². The minimum absolute atomic E-state index is 0.0532. The number of nitrogens with one attached hydrogen (secondary N) is 2. The van der Waals surface area contributed by atoms with E-state index in [1.54, 1.807) is 29.4 Å². The van der Waals surface area contributed by atoms with Crippen molar-refractivity contribution in [3.8, 4) is 0 Å². The van der Waals surface area contributed by atoms with Crippen molar-refractivity contribution < 1.29 is 14.4 Å². The normalized spacial score (nSPS) is 16.1. The summed E-state index contributed by atoms with van der Waals surface area (Å²) in [4.78, 5) is 42.6. The van der Waals surface area contributed by atoms with Gasteiger partial charge >= 0.3 is 0 Å². The molecule has 29 heavy (non-hydrogen) atoms. The Bertz CT molecular complexity index is 826. The number of amides is 3. The number of pyridine rings is 1. The van der Waals surface area contributed by atoms with E-state index in [-0.39, 0.29) is 30.2 Å². The van der Waals surface area contributed by atoms with Gasteiger partial charge in [0.1, 0.15) is 0 Å². The lowest BCUT2D eigenvalue weighted by atomic mass is 9.96. The van der Waals surface area contributed by atoms with E-state index in [0.717, 1.165) is 18.4 Å². The standard InChI is InChI=1S/C22H26N4O3/c27-20(24-13-8-17-5-2-1-3-6-17)15-25-21(28)19-7-4-14-26(16-19)22(29)18-9-11-23-12-10-18/h1-3,5-6,9-12,19H,4,7-8,13-16H2,(H,24,27)(H,25,28). The first-order valence-corrected chi connectivity index (χ1v) is 9.91. The van der Waals surface area contributed by atoms with E-state index in [4.69, 9.17) is 0 Å². The fourth-order valence-electron chi connectivity index (χ4n) is 3.42. The van der Waals surface area contributed by atoms with Crippen LogP contribution in [0, 0.1) is 5.92 Å². The number of hydrogen-bond donors (Lipinski definition) is 2. The van der Waals surface area contributed by atoms with Crippen molar-refractivity contribution in [3.63, 3.8) is 0 Å². The zero-order chi connectivity index (χ0) is 20.5. The molecule has 3 rings (SSSR count). The van der Waals surface area contributed by atoms with E-state index < -0.39 is 0 Å². The van der Waals surface area contributed by atoms with Crippen LogP contribution in [0.2, 0.25) is 0 Å². The Hall–Kier alpha value is -3.22. The number of hydrogen-bond acceptors (Lipinski definition) is 4. The molecule has 2 N–H and O–H groups in total. The highest BCUT2D eigenvalue weighted by molar-refractivity contribution is 5.94. The fraction of sp³-hybridized carbons (Fsp3) is 0.364. The fourth-order valence-corrected chi connectivity index (χ4v) is 3.42. The molecule has 1 fully saturated rings. The second-order valence-corrected chi connectivity index (χ2v) is 7.13. The monoisotopic (exact) mass is 394 g/mol. The molecule has 2 heterocycles. The summed E-state index contributed by atoms with van der Waals surface area (Å²) in [5, 5.41) is 5.51. The molecule has 152 valence electrons. The summed E-state index contributed by atoms with van der Waals surface area (Å²) in [6.07, 6.45) is 5.38. The molecule has 0 spiro atoms. The van der Waals surface area contributed by atoms with E-state index in [9.17, 15) is 14.4 Å². The van der Waals surface area contributed by atoms with Gasteiger partial charge in [-0.3, -0.25) is 19.4 Å². The molecule has 1 saturated heterocycles. The maximum absolute atomic E-state index is 12.6. The highest BCUT2D eigenvalue weighted by atomic mass is 16.2. The van der Waals surface area contributed by atoms with Crippen LogP contribution in [-0.2, 0) is 16.0 Å². The van der Waals surface area contributed by atoms with E-state index in [0.29, 0.717) is 31.6 Å². The second-order valence-electron chi connectivity index (χ2n) is 7.13. The topological polar surface area (TPSA) is 91.4 Å². The number of benzene rings is 1. The van der Waals surface area contributed by atoms with Gasteiger partial charge in [-0.05, 0) is 37.0 Å². The average molecular weight is 394 g/mol. The predicted octanol–water partition coefficient (Wildman–Crippen LogP) is 1.41. The summed E-state index contributed by atoms with van der Waals surface area (Å²) in [6.45, 7) is 1.46. The lowest BCUT2D eigenvalue weighted by Gasteiger charge is -2.32. The van der Waals surface area contributed by atoms with Crippen molar-refractivity contribution >= 4 is 17.7 Å². The lowest BCUT2D eigenvalue weighted by molar-refractivity contribution is -0.129. The smallest absolute Gasteiger partial charge is 0.253 e. The van der Waals surface area contributed by atoms with Gasteiger partial charge in [0, 0.05) is 37.6 Å². The van der Waals surface area contributed by atoms with Gasteiger partial charge in [-0.1, -0.05) is 30.3 Å². The summed E-state index contributed by atoms with van der Waals surface area (Å²) >= 11 is 0. The number of aromatic nitrogens is 1. The SMILES string of the molecule is O=C(CNC(=O)C1CCCN(C(=O)c2ccncc2)C1)NCCc1ccccc1. The Balaban J connectivity index is 1.40. The molecule has 1 atom stereocenters. The molecule has 0 bridgehead atoms. The first-order chi connectivity index (χ1) is 14.1. The maximum atomic E-state index is 12.6. The quantitative estimate of drug-likeness (QED) is 0.743. The molecule has 0 radical (unpaired) electrons. The molecule has 0 saturated carbocycles. The lowest BCUT2D eigenvalue weighted by Crippen LogP contribution is -2.47. The number of carbonyl (C=O) groups is 3. The predicted molar refractivity (Wildman–Crippen MR) is 109 cm³/mol. The Morgan fingerprint density at radius 2 is 1.79 bits per heavy atom. The summed E-state index contributed by atoms with van der Waals surface area (Å²) < 4.78 is 0. The van der Waals surface area contributed by atoms with Crippen LogP contribution in [0.25, 0.3) is 0 Å². The van der Waals surface area contributed by atoms with Crippen molar-refractivity contribution in [2.24, 2.45) is 5.92 Å². The van der Waals surface area contributed by atoms with Crippen LogP contribution in [0.3, 0.4) is 0 Å². The van der Waals surface area contributed by atoms with Crippen LogP contribution < -0.4 is 10.6 Å². The number of piperidine rings is 1. The van der Waals surface area contributed by atoms with Crippen molar-refractivity contribution in [2.45, 2.75) is 19.3 Å². The molecule has 3 amide bonds. The molecular formula is C22H26N4O3. The first kappa shape index (κ1) is 20.5. The minimum Gasteiger partial charge on any atom is -0.354 e. The van der Waals surface area contributed by atoms with Gasteiger partial charge in [0.15, 0.2) is 0 Å². The van der Waals surface area contributed by atoms with Gasteiger partial charge in [0.05, 0.1) is 12.5 Å². The molecule has 1 aliphatic rings. The summed E-state index contributed by atoms with van der Waals surface area (Å²) in [6, 6.07) is 13.2. The third-order valence-corrected chi connectivity index (χ3v) is 5.01. The molecule has 0 aliphatic carbocycles. The summed E-state index contributed by atoms with van der Waals surface area (Å²) in [5.74, 6) is -0.791. The van der Waals surface area contributed by atoms with Gasteiger partial charge < -0.3 is 15.5 Å². The zero-order valence-corrected chi connectivity index (χ0v) is 16.3. The van der Waals surface area contributed by atoms with E-state index in [2.05, 4.69) is 15.6 Å². The van der Waals surface area contributed by atoms with Gasteiger partial charge in [-0.2, -0.15) is 0 Å². The Morgan fingerprint density at radius 3 is 2.55 bits per heavy atom. The first-order valence-electron chi connectivity index (χ1n) is 9.91. The molecule has 1 aromatic carbocycles. The highest BCUT2D eigenvalue weighted by Gasteiger charge is 2.29. The highest BCUT2D eigenvalue weighted by Crippen LogP contribution is 2.18. The third-order valence-electron chi connectivity index (χ3n) is 5.01. The van der Waals surface area contributed by atoms with Gasteiger partial charge in [-0.25, -0.2) is 0 Å². The number of nitrogens with zero attached hydrogens (tertiary/aromatic N) is 2. The van der Waals surface area contributed by atoms with Gasteiger partial charge in [0.25, 0.3) is 5.91 Å². The largest absolute Gasteiger partial charge is 0.354 e. The average Bonchev–Trinajstić information content (AvgIpc) is 2.78. The van der Waals surface area contributed by atoms with Crippen LogP contribution in [0.1, 0.15) is 28.8 Å². The maximum Gasteiger partial charge on any atom is 0.253 e. The Kier molecular flexibility index (Phi) is 7.33. The zero-order valence-electron chi connectivity index (χ0n) is 16.3.